The quantitative estimate of drug-likeness (QED) is 0.568. The van der Waals surface area contributed by atoms with E-state index in [1.165, 1.54) is 16.7 Å². The van der Waals surface area contributed by atoms with Crippen LogP contribution in [0.1, 0.15) is 46.9 Å². The van der Waals surface area contributed by atoms with Gasteiger partial charge in [-0.15, -0.1) is 5.10 Å². The molecule has 2 unspecified atom stereocenters. The van der Waals surface area contributed by atoms with Crippen molar-refractivity contribution in [2.45, 2.75) is 37.5 Å². The van der Waals surface area contributed by atoms with E-state index in [1.54, 1.807) is 11.0 Å². The van der Waals surface area contributed by atoms with Crippen molar-refractivity contribution in [2.75, 3.05) is 32.7 Å². The molecule has 1 saturated heterocycles. The zero-order valence-electron chi connectivity index (χ0n) is 19.1. The van der Waals surface area contributed by atoms with Gasteiger partial charge >= 0.3 is 0 Å². The van der Waals surface area contributed by atoms with Gasteiger partial charge in [-0.25, -0.2) is 9.53 Å². The van der Waals surface area contributed by atoms with Gasteiger partial charge in [0.15, 0.2) is 5.69 Å². The summed E-state index contributed by atoms with van der Waals surface area (Å²) in [7, 11) is 0. The highest BCUT2D eigenvalue weighted by Crippen LogP contribution is 2.39. The van der Waals surface area contributed by atoms with E-state index in [-0.39, 0.29) is 11.8 Å². The molecular formula is C26H27N7O. The number of hydrogen-bond acceptors (Lipinski definition) is 5. The third kappa shape index (κ3) is 3.66. The van der Waals surface area contributed by atoms with Gasteiger partial charge in [-0.2, -0.15) is 0 Å². The topological polar surface area (TPSA) is 71.5 Å². The Bertz CT molecular complexity index is 1250. The number of benzene rings is 2. The molecule has 172 valence electrons. The second-order valence-corrected chi connectivity index (χ2v) is 9.55. The van der Waals surface area contributed by atoms with Crippen molar-refractivity contribution in [3.8, 4) is 5.69 Å². The molecule has 1 amide bonds. The van der Waals surface area contributed by atoms with E-state index in [0.29, 0.717) is 5.92 Å². The van der Waals surface area contributed by atoms with E-state index in [0.717, 1.165) is 75.3 Å². The van der Waals surface area contributed by atoms with Crippen LogP contribution in [0.3, 0.4) is 0 Å². The summed E-state index contributed by atoms with van der Waals surface area (Å²) in [6.45, 7) is 11.8. The number of hydrogen-bond donors (Lipinski definition) is 0. The van der Waals surface area contributed by atoms with E-state index in [1.807, 2.05) is 18.2 Å². The Morgan fingerprint density at radius 1 is 1.06 bits per heavy atom. The fraction of sp³-hybridized carbons (Fsp3) is 0.423. The first-order chi connectivity index (χ1) is 16.7. The van der Waals surface area contributed by atoms with E-state index < -0.39 is 0 Å². The molecule has 2 heterocycles. The molecule has 1 aromatic heterocycles. The van der Waals surface area contributed by atoms with Crippen LogP contribution < -0.4 is 0 Å². The molecule has 2 aromatic carbocycles. The van der Waals surface area contributed by atoms with Crippen molar-refractivity contribution in [2.24, 2.45) is 0 Å². The maximum Gasteiger partial charge on any atom is 0.230 e. The van der Waals surface area contributed by atoms with Gasteiger partial charge in [-0.1, -0.05) is 29.8 Å². The van der Waals surface area contributed by atoms with Crippen molar-refractivity contribution in [1.82, 2.24) is 30.0 Å². The first-order valence-electron chi connectivity index (χ1n) is 12.1. The number of tetrazole rings is 1. The monoisotopic (exact) mass is 453 g/mol. The summed E-state index contributed by atoms with van der Waals surface area (Å²) in [5.74, 6) is 0.717. The average molecular weight is 454 g/mol. The molecule has 3 aromatic rings. The molecule has 2 atom stereocenters. The Labute approximate surface area is 199 Å². The number of carbonyl (C=O) groups is 1. The van der Waals surface area contributed by atoms with Crippen LogP contribution in [0.4, 0.5) is 5.69 Å². The third-order valence-electron chi connectivity index (χ3n) is 7.77. The molecular weight excluding hydrogens is 426 g/mol. The summed E-state index contributed by atoms with van der Waals surface area (Å²) in [5, 5.41) is 11.4. The molecule has 0 spiro atoms. The highest BCUT2D eigenvalue weighted by molar-refractivity contribution is 5.85. The summed E-state index contributed by atoms with van der Waals surface area (Å²) >= 11 is 0. The lowest BCUT2D eigenvalue weighted by atomic mass is 9.98. The largest absolute Gasteiger partial charge is 0.340 e. The van der Waals surface area contributed by atoms with Gasteiger partial charge in [0.2, 0.25) is 5.91 Å². The minimum atomic E-state index is -0.0433. The lowest BCUT2D eigenvalue weighted by molar-refractivity contribution is -0.134. The SMILES string of the molecule is [C-]#[N+]c1cccc2c1CCC2CN1CCN(C(=O)C2CCc3cc(-n4cnnn4)ccc32)CC1. The van der Waals surface area contributed by atoms with Crippen LogP contribution in [0.15, 0.2) is 42.7 Å². The van der Waals surface area contributed by atoms with Crippen molar-refractivity contribution < 1.29 is 4.79 Å². The van der Waals surface area contributed by atoms with Crippen LogP contribution in [-0.2, 0) is 17.6 Å². The Morgan fingerprint density at radius 2 is 1.94 bits per heavy atom. The molecule has 1 fully saturated rings. The molecule has 8 nitrogen and oxygen atoms in total. The molecule has 0 N–H and O–H groups in total. The van der Waals surface area contributed by atoms with Gasteiger partial charge < -0.3 is 4.90 Å². The lowest BCUT2D eigenvalue weighted by Gasteiger charge is -2.37. The Hall–Kier alpha value is -3.57. The van der Waals surface area contributed by atoms with E-state index >= 15 is 0 Å². The van der Waals surface area contributed by atoms with Gasteiger partial charge in [-0.3, -0.25) is 9.69 Å². The Balaban J connectivity index is 1.08. The summed E-state index contributed by atoms with van der Waals surface area (Å²) in [5.41, 5.74) is 6.74. The van der Waals surface area contributed by atoms with Gasteiger partial charge in [-0.05, 0) is 70.9 Å². The number of aromatic nitrogens is 4. The molecule has 3 aliphatic rings. The summed E-state index contributed by atoms with van der Waals surface area (Å²) in [6.07, 6.45) is 5.50. The van der Waals surface area contributed by atoms with Crippen molar-refractivity contribution >= 4 is 11.6 Å². The zero-order chi connectivity index (χ0) is 23.1. The van der Waals surface area contributed by atoms with Gasteiger partial charge in [0.25, 0.3) is 0 Å². The molecule has 34 heavy (non-hydrogen) atoms. The number of carbonyl (C=O) groups excluding carboxylic acids is 1. The summed E-state index contributed by atoms with van der Waals surface area (Å²) in [4.78, 5) is 21.7. The lowest BCUT2D eigenvalue weighted by Crippen LogP contribution is -2.50. The van der Waals surface area contributed by atoms with Gasteiger partial charge in [0.1, 0.15) is 6.33 Å². The highest BCUT2D eigenvalue weighted by Gasteiger charge is 2.34. The fourth-order valence-electron chi connectivity index (χ4n) is 5.98. The second kappa shape index (κ2) is 8.65. The fourth-order valence-corrected chi connectivity index (χ4v) is 5.98. The molecule has 0 radical (unpaired) electrons. The smallest absolute Gasteiger partial charge is 0.230 e. The minimum Gasteiger partial charge on any atom is -0.340 e. The number of fused-ring (bicyclic) bond motifs is 2. The number of aryl methyl sites for hydroxylation is 1. The van der Waals surface area contributed by atoms with Gasteiger partial charge in [0, 0.05) is 32.7 Å². The van der Waals surface area contributed by atoms with Crippen LogP contribution in [0, 0.1) is 6.57 Å². The van der Waals surface area contributed by atoms with Crippen LogP contribution >= 0.6 is 0 Å². The Morgan fingerprint density at radius 3 is 2.74 bits per heavy atom. The summed E-state index contributed by atoms with van der Waals surface area (Å²) < 4.78 is 1.65. The first kappa shape index (κ1) is 21.0. The molecule has 8 heteroatoms. The maximum atomic E-state index is 13.4. The highest BCUT2D eigenvalue weighted by atomic mass is 16.2. The maximum absolute atomic E-state index is 13.4. The van der Waals surface area contributed by atoms with Crippen LogP contribution in [-0.4, -0.2) is 68.6 Å². The Kier molecular flexibility index (Phi) is 5.34. The molecule has 2 aliphatic carbocycles. The van der Waals surface area contributed by atoms with Crippen molar-refractivity contribution in [3.63, 3.8) is 0 Å². The normalized spacial score (nSPS) is 21.8. The minimum absolute atomic E-state index is 0.0433. The van der Waals surface area contributed by atoms with Gasteiger partial charge in [0.05, 0.1) is 18.2 Å². The third-order valence-corrected chi connectivity index (χ3v) is 7.77. The van der Waals surface area contributed by atoms with E-state index in [9.17, 15) is 4.79 Å². The standard InChI is InChI=1S/C26H27N7O/c1-27-25-4-2-3-21-19(6-8-23(21)25)16-31-11-13-32(14-12-31)26(34)24-9-5-18-15-20(7-10-22(18)24)33-17-28-29-30-33/h2-4,7,10,15,17,19,24H,5-6,8-9,11-14,16H2. The van der Waals surface area contributed by atoms with Crippen molar-refractivity contribution in [1.29, 1.82) is 0 Å². The second-order valence-electron chi connectivity index (χ2n) is 9.55. The predicted molar refractivity (Wildman–Crippen MR) is 127 cm³/mol. The first-order valence-corrected chi connectivity index (χ1v) is 12.1. The van der Waals surface area contributed by atoms with Crippen LogP contribution in [0.25, 0.3) is 10.5 Å². The van der Waals surface area contributed by atoms with Crippen molar-refractivity contribution in [3.05, 3.63) is 76.4 Å². The van der Waals surface area contributed by atoms with E-state index in [2.05, 4.69) is 48.4 Å². The number of nitrogens with zero attached hydrogens (tertiary/aromatic N) is 7. The molecule has 0 bridgehead atoms. The van der Waals surface area contributed by atoms with Crippen LogP contribution in [0.5, 0.6) is 0 Å². The number of amides is 1. The predicted octanol–water partition coefficient (Wildman–Crippen LogP) is 3.12. The molecule has 0 saturated carbocycles. The van der Waals surface area contributed by atoms with Crippen LogP contribution in [0.2, 0.25) is 0 Å². The molecule has 1 aliphatic heterocycles. The average Bonchev–Trinajstić information content (AvgIpc) is 3.64. The zero-order valence-corrected chi connectivity index (χ0v) is 19.1. The number of rotatable bonds is 4. The van der Waals surface area contributed by atoms with E-state index in [4.69, 9.17) is 6.57 Å². The summed E-state index contributed by atoms with van der Waals surface area (Å²) in [6, 6.07) is 12.3. The molecule has 6 rings (SSSR count). The number of piperazine rings is 1.